The second-order valence-electron chi connectivity index (χ2n) is 10.7. The first-order valence-corrected chi connectivity index (χ1v) is 14.0. The number of carbonyl (C=O) groups excluding carboxylic acids is 2. The molecule has 2 aromatic carbocycles. The lowest BCUT2D eigenvalue weighted by molar-refractivity contribution is -0.134. The molecule has 2 aliphatic rings. The second-order valence-corrected chi connectivity index (χ2v) is 10.7. The molecule has 1 aromatic heterocycles. The summed E-state index contributed by atoms with van der Waals surface area (Å²) >= 11 is 0. The van der Waals surface area contributed by atoms with Gasteiger partial charge in [0.25, 0.3) is 0 Å². The number of benzene rings is 2. The molecular formula is C32H35N5O3. The van der Waals surface area contributed by atoms with E-state index in [1.807, 2.05) is 65.6 Å². The highest BCUT2D eigenvalue weighted by atomic mass is 16.5. The van der Waals surface area contributed by atoms with Crippen molar-refractivity contribution < 1.29 is 14.3 Å². The van der Waals surface area contributed by atoms with E-state index >= 15 is 0 Å². The first kappa shape index (κ1) is 27.4. The molecule has 5 rings (SSSR count). The maximum atomic E-state index is 13.4. The fraction of sp³-hybridized carbons (Fsp3) is 0.375. The van der Waals surface area contributed by atoms with Gasteiger partial charge in [0, 0.05) is 38.4 Å². The van der Waals surface area contributed by atoms with Crippen molar-refractivity contribution in [3.63, 3.8) is 0 Å². The Morgan fingerprint density at radius 2 is 1.73 bits per heavy atom. The third-order valence-corrected chi connectivity index (χ3v) is 7.60. The molecule has 8 heteroatoms. The van der Waals surface area contributed by atoms with Gasteiger partial charge in [-0.3, -0.25) is 9.59 Å². The standard InChI is InChI=1S/C32H35N5O3/c1-22(24-9-7-23(19-33)8-10-24)20-35-30(25-5-3-2-4-6-25)31(38)36-29-14-13-28(21-34-29)40-27-15-17-37(18-16-27)32(39)26-11-12-26/h2-10,13-14,21-22,26-27,30,35H,11-12,15-18,20H2,1H3,(H,34,36,38)/t22-,30-/m1/s1. The number of anilines is 1. The Morgan fingerprint density at radius 1 is 1.00 bits per heavy atom. The quantitative estimate of drug-likeness (QED) is 0.385. The Hall–Kier alpha value is -4.22. The van der Waals surface area contributed by atoms with E-state index in [9.17, 15) is 9.59 Å². The van der Waals surface area contributed by atoms with Crippen LogP contribution in [-0.4, -0.2) is 47.4 Å². The Morgan fingerprint density at radius 3 is 2.35 bits per heavy atom. The van der Waals surface area contributed by atoms with E-state index in [4.69, 9.17) is 10.00 Å². The lowest BCUT2D eigenvalue weighted by Gasteiger charge is -2.32. The molecule has 2 atom stereocenters. The van der Waals surface area contributed by atoms with Crippen LogP contribution in [0.25, 0.3) is 0 Å². The number of amides is 2. The zero-order chi connectivity index (χ0) is 27.9. The molecular weight excluding hydrogens is 502 g/mol. The van der Waals surface area contributed by atoms with Gasteiger partial charge in [-0.2, -0.15) is 5.26 Å². The number of rotatable bonds is 10. The topological polar surface area (TPSA) is 107 Å². The van der Waals surface area contributed by atoms with Crippen LogP contribution in [0.1, 0.15) is 61.3 Å². The maximum absolute atomic E-state index is 13.4. The van der Waals surface area contributed by atoms with Gasteiger partial charge < -0.3 is 20.3 Å². The summed E-state index contributed by atoms with van der Waals surface area (Å²) in [6.45, 7) is 4.13. The first-order valence-electron chi connectivity index (χ1n) is 14.0. The van der Waals surface area contributed by atoms with Crippen molar-refractivity contribution in [3.05, 3.63) is 89.6 Å². The Kier molecular flexibility index (Phi) is 8.72. The zero-order valence-electron chi connectivity index (χ0n) is 22.8. The monoisotopic (exact) mass is 537 g/mol. The van der Waals surface area contributed by atoms with Crippen molar-refractivity contribution in [3.8, 4) is 11.8 Å². The SMILES string of the molecule is C[C@H](CN[C@@H](C(=O)Nc1ccc(OC2CCN(C(=O)C3CC3)CC2)cn1)c1ccccc1)c1ccc(C#N)cc1. The molecule has 0 radical (unpaired) electrons. The van der Waals surface area contributed by atoms with Gasteiger partial charge >= 0.3 is 0 Å². The lowest BCUT2D eigenvalue weighted by atomic mass is 9.98. The van der Waals surface area contributed by atoms with E-state index in [-0.39, 0.29) is 23.8 Å². The summed E-state index contributed by atoms with van der Waals surface area (Å²) in [4.78, 5) is 32.0. The summed E-state index contributed by atoms with van der Waals surface area (Å²) in [5.41, 5.74) is 2.58. The highest BCUT2D eigenvalue weighted by Crippen LogP contribution is 2.32. The van der Waals surface area contributed by atoms with E-state index in [1.54, 1.807) is 12.3 Å². The summed E-state index contributed by atoms with van der Waals surface area (Å²) in [6, 6.07) is 22.3. The molecule has 0 spiro atoms. The summed E-state index contributed by atoms with van der Waals surface area (Å²) in [5, 5.41) is 15.4. The van der Waals surface area contributed by atoms with Crippen LogP contribution >= 0.6 is 0 Å². The van der Waals surface area contributed by atoms with Gasteiger partial charge in [0.2, 0.25) is 11.8 Å². The molecule has 1 aliphatic heterocycles. The molecule has 2 amide bonds. The van der Waals surface area contributed by atoms with Crippen molar-refractivity contribution in [2.75, 3.05) is 25.0 Å². The molecule has 1 saturated heterocycles. The fourth-order valence-electron chi connectivity index (χ4n) is 5.00. The maximum Gasteiger partial charge on any atom is 0.247 e. The van der Waals surface area contributed by atoms with Crippen LogP contribution in [0.3, 0.4) is 0 Å². The third kappa shape index (κ3) is 7.04. The number of pyridine rings is 1. The van der Waals surface area contributed by atoms with Gasteiger partial charge in [-0.25, -0.2) is 4.98 Å². The summed E-state index contributed by atoms with van der Waals surface area (Å²) in [5.74, 6) is 1.59. The van der Waals surface area contributed by atoms with Crippen LogP contribution in [0.5, 0.6) is 5.75 Å². The summed E-state index contributed by atoms with van der Waals surface area (Å²) < 4.78 is 6.11. The molecule has 2 fully saturated rings. The number of likely N-dealkylation sites (tertiary alicyclic amines) is 1. The number of carbonyl (C=O) groups is 2. The van der Waals surface area contributed by atoms with Gasteiger partial charge in [-0.1, -0.05) is 49.4 Å². The number of piperidine rings is 1. The number of nitriles is 1. The average Bonchev–Trinajstić information content (AvgIpc) is 3.85. The lowest BCUT2D eigenvalue weighted by Crippen LogP contribution is -2.42. The molecule has 1 aliphatic carbocycles. The smallest absolute Gasteiger partial charge is 0.247 e. The largest absolute Gasteiger partial charge is 0.489 e. The number of nitrogens with zero attached hydrogens (tertiary/aromatic N) is 3. The number of hydrogen-bond donors (Lipinski definition) is 2. The molecule has 206 valence electrons. The minimum absolute atomic E-state index is 0.0512. The van der Waals surface area contributed by atoms with Gasteiger partial charge in [0.15, 0.2) is 0 Å². The molecule has 1 saturated carbocycles. The normalized spacial score (nSPS) is 16.9. The van der Waals surface area contributed by atoms with Crippen molar-refractivity contribution >= 4 is 17.6 Å². The summed E-state index contributed by atoms with van der Waals surface area (Å²) in [7, 11) is 0. The number of ether oxygens (including phenoxy) is 1. The second kappa shape index (κ2) is 12.8. The van der Waals surface area contributed by atoms with Gasteiger partial charge in [-0.05, 0) is 54.2 Å². The van der Waals surface area contributed by atoms with Gasteiger partial charge in [0.05, 0.1) is 17.8 Å². The molecule has 8 nitrogen and oxygen atoms in total. The van der Waals surface area contributed by atoms with E-state index < -0.39 is 6.04 Å². The van der Waals surface area contributed by atoms with Crippen molar-refractivity contribution in [1.82, 2.24) is 15.2 Å². The highest BCUT2D eigenvalue weighted by molar-refractivity contribution is 5.94. The summed E-state index contributed by atoms with van der Waals surface area (Å²) in [6.07, 6.45) is 5.36. The Bertz CT molecular complexity index is 1330. The predicted molar refractivity (Wildman–Crippen MR) is 153 cm³/mol. The van der Waals surface area contributed by atoms with E-state index in [1.165, 1.54) is 0 Å². The number of aromatic nitrogens is 1. The van der Waals surface area contributed by atoms with Crippen LogP contribution < -0.4 is 15.4 Å². The molecule has 2 N–H and O–H groups in total. The Labute approximate surface area is 235 Å². The van der Waals surface area contributed by atoms with Crippen molar-refractivity contribution in [2.24, 2.45) is 5.92 Å². The first-order chi connectivity index (χ1) is 19.5. The molecule has 40 heavy (non-hydrogen) atoms. The molecule has 2 heterocycles. The van der Waals surface area contributed by atoms with Crippen LogP contribution in [0.2, 0.25) is 0 Å². The van der Waals surface area contributed by atoms with Crippen LogP contribution in [0.15, 0.2) is 72.9 Å². The van der Waals surface area contributed by atoms with Crippen molar-refractivity contribution in [1.29, 1.82) is 5.26 Å². The van der Waals surface area contributed by atoms with Crippen LogP contribution in [0, 0.1) is 17.2 Å². The van der Waals surface area contributed by atoms with Gasteiger partial charge in [0.1, 0.15) is 23.7 Å². The molecule has 0 bridgehead atoms. The minimum atomic E-state index is -0.566. The highest BCUT2D eigenvalue weighted by Gasteiger charge is 2.35. The van der Waals surface area contributed by atoms with Crippen LogP contribution in [-0.2, 0) is 9.59 Å². The third-order valence-electron chi connectivity index (χ3n) is 7.60. The van der Waals surface area contributed by atoms with Crippen molar-refractivity contribution in [2.45, 2.75) is 50.7 Å². The number of hydrogen-bond acceptors (Lipinski definition) is 6. The predicted octanol–water partition coefficient (Wildman–Crippen LogP) is 4.81. The average molecular weight is 538 g/mol. The van der Waals surface area contributed by atoms with Gasteiger partial charge in [-0.15, -0.1) is 0 Å². The van der Waals surface area contributed by atoms with E-state index in [0.29, 0.717) is 29.6 Å². The zero-order valence-corrected chi connectivity index (χ0v) is 22.8. The Balaban J connectivity index is 1.16. The molecule has 3 aromatic rings. The van der Waals surface area contributed by atoms with E-state index in [2.05, 4.69) is 28.6 Å². The molecule has 0 unspecified atom stereocenters. The van der Waals surface area contributed by atoms with Crippen LogP contribution in [0.4, 0.5) is 5.82 Å². The number of nitrogens with one attached hydrogen (secondary N) is 2. The minimum Gasteiger partial charge on any atom is -0.489 e. The fourth-order valence-corrected chi connectivity index (χ4v) is 5.00. The van der Waals surface area contributed by atoms with E-state index in [0.717, 1.165) is 49.9 Å².